The zero-order valence-electron chi connectivity index (χ0n) is 9.30. The normalized spacial score (nSPS) is 20.0. The lowest BCUT2D eigenvalue weighted by Crippen LogP contribution is -2.45. The fourth-order valence-electron chi connectivity index (χ4n) is 1.93. The van der Waals surface area contributed by atoms with Gasteiger partial charge in [-0.05, 0) is 31.5 Å². The van der Waals surface area contributed by atoms with Crippen LogP contribution < -0.4 is 10.6 Å². The third-order valence-electron chi connectivity index (χ3n) is 2.76. The highest BCUT2D eigenvalue weighted by Crippen LogP contribution is 2.09. The second kappa shape index (κ2) is 5.23. The van der Waals surface area contributed by atoms with E-state index in [0.29, 0.717) is 6.54 Å². The summed E-state index contributed by atoms with van der Waals surface area (Å²) in [4.78, 5) is 11.7. The topological polar surface area (TPSA) is 41.1 Å². The summed E-state index contributed by atoms with van der Waals surface area (Å²) in [6.45, 7) is 1.64. The van der Waals surface area contributed by atoms with Crippen LogP contribution in [0.15, 0.2) is 18.2 Å². The van der Waals surface area contributed by atoms with Crippen LogP contribution in [0.4, 0.5) is 8.78 Å². The third-order valence-corrected chi connectivity index (χ3v) is 2.76. The SMILES string of the molecule is O=C(N[C@@H]1CCCNC1)c1cc(F)cc(F)c1. The first-order valence-corrected chi connectivity index (χ1v) is 5.63. The van der Waals surface area contributed by atoms with Crippen LogP contribution in [-0.2, 0) is 0 Å². The molecule has 0 unspecified atom stereocenters. The second-order valence-corrected chi connectivity index (χ2v) is 4.17. The Hall–Kier alpha value is -1.49. The first kappa shape index (κ1) is 12.0. The Morgan fingerprint density at radius 3 is 2.59 bits per heavy atom. The van der Waals surface area contributed by atoms with Crippen LogP contribution in [0.25, 0.3) is 0 Å². The lowest BCUT2D eigenvalue weighted by Gasteiger charge is -2.23. The Morgan fingerprint density at radius 1 is 1.29 bits per heavy atom. The van der Waals surface area contributed by atoms with Crippen molar-refractivity contribution >= 4 is 5.91 Å². The van der Waals surface area contributed by atoms with Gasteiger partial charge >= 0.3 is 0 Å². The summed E-state index contributed by atoms with van der Waals surface area (Å²) in [5.74, 6) is -1.91. The molecule has 1 atom stereocenters. The number of nitrogens with one attached hydrogen (secondary N) is 2. The van der Waals surface area contributed by atoms with Gasteiger partial charge in [-0.1, -0.05) is 0 Å². The minimum Gasteiger partial charge on any atom is -0.348 e. The molecular formula is C12H14F2N2O. The van der Waals surface area contributed by atoms with Crippen molar-refractivity contribution in [1.82, 2.24) is 10.6 Å². The molecule has 3 nitrogen and oxygen atoms in total. The summed E-state index contributed by atoms with van der Waals surface area (Å²) in [7, 11) is 0. The molecular weight excluding hydrogens is 226 g/mol. The zero-order valence-corrected chi connectivity index (χ0v) is 9.30. The first-order valence-electron chi connectivity index (χ1n) is 5.63. The highest BCUT2D eigenvalue weighted by molar-refractivity contribution is 5.94. The quantitative estimate of drug-likeness (QED) is 0.821. The van der Waals surface area contributed by atoms with E-state index in [1.807, 2.05) is 0 Å². The van der Waals surface area contributed by atoms with Gasteiger partial charge < -0.3 is 10.6 Å². The van der Waals surface area contributed by atoms with Crippen LogP contribution in [0, 0.1) is 11.6 Å². The molecule has 0 aliphatic carbocycles. The maximum atomic E-state index is 12.9. The Bertz CT molecular complexity index is 397. The molecule has 1 fully saturated rings. The van der Waals surface area contributed by atoms with Gasteiger partial charge in [-0.15, -0.1) is 0 Å². The van der Waals surface area contributed by atoms with Crippen LogP contribution in [-0.4, -0.2) is 25.0 Å². The van der Waals surface area contributed by atoms with Gasteiger partial charge in [0.25, 0.3) is 5.91 Å². The molecule has 1 aliphatic heterocycles. The number of hydrogen-bond acceptors (Lipinski definition) is 2. The Kier molecular flexibility index (Phi) is 3.68. The Labute approximate surface area is 98.2 Å². The molecule has 2 rings (SSSR count). The van der Waals surface area contributed by atoms with Gasteiger partial charge in [-0.25, -0.2) is 8.78 Å². The molecule has 92 valence electrons. The van der Waals surface area contributed by atoms with Gasteiger partial charge in [-0.3, -0.25) is 4.79 Å². The van der Waals surface area contributed by atoms with Gasteiger partial charge in [0.15, 0.2) is 0 Å². The van der Waals surface area contributed by atoms with Crippen molar-refractivity contribution in [2.45, 2.75) is 18.9 Å². The maximum Gasteiger partial charge on any atom is 0.251 e. The summed E-state index contributed by atoms with van der Waals surface area (Å²) in [6, 6.07) is 2.85. The second-order valence-electron chi connectivity index (χ2n) is 4.17. The lowest BCUT2D eigenvalue weighted by atomic mass is 10.1. The number of rotatable bonds is 2. The largest absolute Gasteiger partial charge is 0.348 e. The minimum atomic E-state index is -0.739. The number of amides is 1. The number of piperidine rings is 1. The van der Waals surface area contributed by atoms with Crippen molar-refractivity contribution in [3.05, 3.63) is 35.4 Å². The van der Waals surface area contributed by atoms with Gasteiger partial charge in [0.1, 0.15) is 11.6 Å². The lowest BCUT2D eigenvalue weighted by molar-refractivity contribution is 0.0929. The maximum absolute atomic E-state index is 12.9. The van der Waals surface area contributed by atoms with E-state index in [0.717, 1.165) is 37.6 Å². The predicted octanol–water partition coefficient (Wildman–Crippen LogP) is 1.45. The monoisotopic (exact) mass is 240 g/mol. The summed E-state index contributed by atoms with van der Waals surface area (Å²) in [5.41, 5.74) is 0.0214. The van der Waals surface area contributed by atoms with Crippen molar-refractivity contribution < 1.29 is 13.6 Å². The molecule has 1 aliphatic rings. The Balaban J connectivity index is 2.03. The molecule has 1 saturated heterocycles. The number of carbonyl (C=O) groups is 1. The predicted molar refractivity (Wildman–Crippen MR) is 59.7 cm³/mol. The molecule has 2 N–H and O–H groups in total. The van der Waals surface area contributed by atoms with E-state index in [1.165, 1.54) is 0 Å². The van der Waals surface area contributed by atoms with Gasteiger partial charge in [0.2, 0.25) is 0 Å². The van der Waals surface area contributed by atoms with E-state index in [2.05, 4.69) is 10.6 Å². The van der Waals surface area contributed by atoms with Crippen LogP contribution >= 0.6 is 0 Å². The molecule has 1 amide bonds. The highest BCUT2D eigenvalue weighted by atomic mass is 19.1. The van der Waals surface area contributed by atoms with Crippen molar-refractivity contribution in [2.24, 2.45) is 0 Å². The fourth-order valence-corrected chi connectivity index (χ4v) is 1.93. The minimum absolute atomic E-state index is 0.0214. The number of hydrogen-bond donors (Lipinski definition) is 2. The standard InChI is InChI=1S/C12H14F2N2O/c13-9-4-8(5-10(14)6-9)12(17)16-11-2-1-3-15-7-11/h4-6,11,15H,1-3,7H2,(H,16,17)/t11-/m1/s1. The summed E-state index contributed by atoms with van der Waals surface area (Å²) < 4.78 is 25.9. The summed E-state index contributed by atoms with van der Waals surface area (Å²) in [6.07, 6.45) is 1.87. The van der Waals surface area contributed by atoms with Gasteiger partial charge in [-0.2, -0.15) is 0 Å². The number of benzene rings is 1. The molecule has 0 aromatic heterocycles. The highest BCUT2D eigenvalue weighted by Gasteiger charge is 2.17. The summed E-state index contributed by atoms with van der Waals surface area (Å²) in [5, 5.41) is 5.91. The van der Waals surface area contributed by atoms with Crippen molar-refractivity contribution in [3.63, 3.8) is 0 Å². The average molecular weight is 240 g/mol. The fraction of sp³-hybridized carbons (Fsp3) is 0.417. The molecule has 1 aromatic carbocycles. The molecule has 5 heteroatoms. The van der Waals surface area contributed by atoms with E-state index >= 15 is 0 Å². The molecule has 1 heterocycles. The van der Waals surface area contributed by atoms with Crippen LogP contribution in [0.5, 0.6) is 0 Å². The van der Waals surface area contributed by atoms with E-state index in [1.54, 1.807) is 0 Å². The van der Waals surface area contributed by atoms with Gasteiger partial charge in [0.05, 0.1) is 0 Å². The molecule has 0 radical (unpaired) electrons. The Morgan fingerprint density at radius 2 is 2.00 bits per heavy atom. The molecule has 1 aromatic rings. The van der Waals surface area contributed by atoms with Crippen molar-refractivity contribution in [1.29, 1.82) is 0 Å². The smallest absolute Gasteiger partial charge is 0.251 e. The van der Waals surface area contributed by atoms with Crippen LogP contribution in [0.1, 0.15) is 23.2 Å². The molecule has 0 spiro atoms. The number of halogens is 2. The first-order chi connectivity index (χ1) is 8.15. The summed E-state index contributed by atoms with van der Waals surface area (Å²) >= 11 is 0. The van der Waals surface area contributed by atoms with Crippen LogP contribution in [0.2, 0.25) is 0 Å². The number of carbonyl (C=O) groups excluding carboxylic acids is 1. The average Bonchev–Trinajstić information content (AvgIpc) is 2.29. The molecule has 0 bridgehead atoms. The van der Waals surface area contributed by atoms with Gasteiger partial charge in [0, 0.05) is 24.2 Å². The van der Waals surface area contributed by atoms with E-state index < -0.39 is 17.5 Å². The van der Waals surface area contributed by atoms with E-state index in [-0.39, 0.29) is 11.6 Å². The van der Waals surface area contributed by atoms with Crippen molar-refractivity contribution in [3.8, 4) is 0 Å². The molecule has 0 saturated carbocycles. The van der Waals surface area contributed by atoms with E-state index in [9.17, 15) is 13.6 Å². The van der Waals surface area contributed by atoms with Crippen LogP contribution in [0.3, 0.4) is 0 Å². The zero-order chi connectivity index (χ0) is 12.3. The molecule has 17 heavy (non-hydrogen) atoms. The third kappa shape index (κ3) is 3.23. The van der Waals surface area contributed by atoms with Crippen molar-refractivity contribution in [2.75, 3.05) is 13.1 Å². The van der Waals surface area contributed by atoms with E-state index in [4.69, 9.17) is 0 Å².